The van der Waals surface area contributed by atoms with Crippen molar-refractivity contribution < 1.29 is 4.74 Å². The number of aromatic nitrogens is 2. The molecule has 0 saturated carbocycles. The fourth-order valence-corrected chi connectivity index (χ4v) is 3.24. The zero-order chi connectivity index (χ0) is 16.2. The van der Waals surface area contributed by atoms with Gasteiger partial charge in [0.15, 0.2) is 0 Å². The van der Waals surface area contributed by atoms with E-state index in [1.807, 2.05) is 19.3 Å². The smallest absolute Gasteiger partial charge is 0.125 e. The van der Waals surface area contributed by atoms with Crippen LogP contribution in [0.4, 0.5) is 5.69 Å². The van der Waals surface area contributed by atoms with Crippen LogP contribution in [-0.4, -0.2) is 84.3 Å². The minimum Gasteiger partial charge on any atom is -0.373 e. The Kier molecular flexibility index (Phi) is 5.46. The van der Waals surface area contributed by atoms with Crippen LogP contribution in [0.25, 0.3) is 0 Å². The summed E-state index contributed by atoms with van der Waals surface area (Å²) in [4.78, 5) is 16.0. The van der Waals surface area contributed by atoms with Crippen LogP contribution in [0.5, 0.6) is 0 Å². The third-order valence-corrected chi connectivity index (χ3v) is 4.63. The standard InChI is InChI=1S/C17H29N5O/c1-14(2)23-17-12-21(13-17)5-4-20-6-8-22(9-7-20)16-10-18-15(3)19-11-16/h10-11,14,17H,4-9,12-13H2,1-3H3. The lowest BCUT2D eigenvalue weighted by Crippen LogP contribution is -2.56. The molecule has 1 aromatic heterocycles. The summed E-state index contributed by atoms with van der Waals surface area (Å²) in [6, 6.07) is 0. The summed E-state index contributed by atoms with van der Waals surface area (Å²) in [7, 11) is 0. The highest BCUT2D eigenvalue weighted by atomic mass is 16.5. The summed E-state index contributed by atoms with van der Waals surface area (Å²) >= 11 is 0. The molecule has 0 bridgehead atoms. The van der Waals surface area contributed by atoms with Gasteiger partial charge in [-0.3, -0.25) is 9.80 Å². The van der Waals surface area contributed by atoms with Crippen molar-refractivity contribution >= 4 is 5.69 Å². The zero-order valence-electron chi connectivity index (χ0n) is 14.6. The average Bonchev–Trinajstić information content (AvgIpc) is 2.50. The molecule has 2 aliphatic rings. The number of rotatable bonds is 6. The first-order chi connectivity index (χ1) is 11.1. The van der Waals surface area contributed by atoms with Crippen molar-refractivity contribution in [2.45, 2.75) is 33.0 Å². The van der Waals surface area contributed by atoms with Gasteiger partial charge >= 0.3 is 0 Å². The van der Waals surface area contributed by atoms with E-state index >= 15 is 0 Å². The third kappa shape index (κ3) is 4.62. The molecule has 23 heavy (non-hydrogen) atoms. The average molecular weight is 319 g/mol. The van der Waals surface area contributed by atoms with Crippen LogP contribution < -0.4 is 4.90 Å². The van der Waals surface area contributed by atoms with Crippen LogP contribution in [-0.2, 0) is 4.74 Å². The number of hydrogen-bond acceptors (Lipinski definition) is 6. The van der Waals surface area contributed by atoms with E-state index in [1.165, 1.54) is 0 Å². The van der Waals surface area contributed by atoms with Gasteiger partial charge in [0.05, 0.1) is 30.3 Å². The lowest BCUT2D eigenvalue weighted by molar-refractivity contribution is -0.0819. The maximum Gasteiger partial charge on any atom is 0.125 e. The van der Waals surface area contributed by atoms with Crippen molar-refractivity contribution in [1.82, 2.24) is 19.8 Å². The highest BCUT2D eigenvalue weighted by Gasteiger charge is 2.28. The Morgan fingerprint density at radius 2 is 1.65 bits per heavy atom. The molecule has 0 aliphatic carbocycles. The minimum absolute atomic E-state index is 0.348. The second-order valence-electron chi connectivity index (χ2n) is 6.88. The van der Waals surface area contributed by atoms with Crippen LogP contribution in [0.2, 0.25) is 0 Å². The topological polar surface area (TPSA) is 44.7 Å². The molecule has 0 unspecified atom stereocenters. The van der Waals surface area contributed by atoms with E-state index in [9.17, 15) is 0 Å². The molecular formula is C17H29N5O. The quantitative estimate of drug-likeness (QED) is 0.780. The van der Waals surface area contributed by atoms with Gasteiger partial charge in [-0.25, -0.2) is 9.97 Å². The van der Waals surface area contributed by atoms with Crippen molar-refractivity contribution in [2.75, 3.05) is 57.3 Å². The molecular weight excluding hydrogens is 290 g/mol. The number of likely N-dealkylation sites (tertiary alicyclic amines) is 1. The Balaban J connectivity index is 1.33. The second kappa shape index (κ2) is 7.55. The minimum atomic E-state index is 0.348. The van der Waals surface area contributed by atoms with Crippen LogP contribution in [0.1, 0.15) is 19.7 Å². The molecule has 2 saturated heterocycles. The fraction of sp³-hybridized carbons (Fsp3) is 0.765. The number of aryl methyl sites for hydroxylation is 1. The van der Waals surface area contributed by atoms with E-state index in [4.69, 9.17) is 4.74 Å². The maximum atomic E-state index is 5.81. The summed E-state index contributed by atoms with van der Waals surface area (Å²) in [5.41, 5.74) is 1.15. The Bertz CT molecular complexity index is 478. The summed E-state index contributed by atoms with van der Waals surface area (Å²) in [6.07, 6.45) is 4.68. The Morgan fingerprint density at radius 3 is 2.26 bits per heavy atom. The van der Waals surface area contributed by atoms with Gasteiger partial charge in [-0.2, -0.15) is 0 Å². The van der Waals surface area contributed by atoms with E-state index in [-0.39, 0.29) is 0 Å². The van der Waals surface area contributed by atoms with Crippen LogP contribution >= 0.6 is 0 Å². The predicted molar refractivity (Wildman–Crippen MR) is 91.9 cm³/mol. The molecule has 2 fully saturated rings. The Hall–Kier alpha value is -1.24. The van der Waals surface area contributed by atoms with Gasteiger partial charge in [0.1, 0.15) is 5.82 Å². The highest BCUT2D eigenvalue weighted by Crippen LogP contribution is 2.16. The van der Waals surface area contributed by atoms with E-state index < -0.39 is 0 Å². The van der Waals surface area contributed by atoms with E-state index in [0.29, 0.717) is 12.2 Å². The van der Waals surface area contributed by atoms with Crippen LogP contribution in [0, 0.1) is 6.92 Å². The van der Waals surface area contributed by atoms with Crippen molar-refractivity contribution in [2.24, 2.45) is 0 Å². The van der Waals surface area contributed by atoms with Gasteiger partial charge in [-0.05, 0) is 20.8 Å². The maximum absolute atomic E-state index is 5.81. The van der Waals surface area contributed by atoms with Crippen molar-refractivity contribution in [1.29, 1.82) is 0 Å². The first-order valence-electron chi connectivity index (χ1n) is 8.74. The lowest BCUT2D eigenvalue weighted by Gasteiger charge is -2.42. The Labute approximate surface area is 139 Å². The highest BCUT2D eigenvalue weighted by molar-refractivity contribution is 5.42. The van der Waals surface area contributed by atoms with Crippen LogP contribution in [0.3, 0.4) is 0 Å². The number of piperazine rings is 1. The molecule has 6 nitrogen and oxygen atoms in total. The summed E-state index contributed by atoms with van der Waals surface area (Å²) in [5.74, 6) is 0.835. The molecule has 1 aromatic rings. The molecule has 0 atom stereocenters. The molecule has 2 aliphatic heterocycles. The van der Waals surface area contributed by atoms with Gasteiger partial charge in [0.25, 0.3) is 0 Å². The zero-order valence-corrected chi connectivity index (χ0v) is 14.6. The molecule has 3 heterocycles. The largest absolute Gasteiger partial charge is 0.373 e. The number of nitrogens with zero attached hydrogens (tertiary/aromatic N) is 5. The molecule has 128 valence electrons. The van der Waals surface area contributed by atoms with Gasteiger partial charge in [0.2, 0.25) is 0 Å². The normalized spacial score (nSPS) is 21.0. The molecule has 0 radical (unpaired) electrons. The molecule has 0 N–H and O–H groups in total. The second-order valence-corrected chi connectivity index (χ2v) is 6.88. The first-order valence-corrected chi connectivity index (χ1v) is 8.74. The summed E-state index contributed by atoms with van der Waals surface area (Å²) < 4.78 is 5.81. The van der Waals surface area contributed by atoms with Crippen molar-refractivity contribution in [3.05, 3.63) is 18.2 Å². The van der Waals surface area contributed by atoms with Gasteiger partial charge in [-0.15, -0.1) is 0 Å². The van der Waals surface area contributed by atoms with Crippen LogP contribution in [0.15, 0.2) is 12.4 Å². The lowest BCUT2D eigenvalue weighted by atomic mass is 10.1. The van der Waals surface area contributed by atoms with E-state index in [2.05, 4.69) is 38.5 Å². The number of anilines is 1. The summed E-state index contributed by atoms with van der Waals surface area (Å²) in [6.45, 7) is 15.0. The van der Waals surface area contributed by atoms with E-state index in [0.717, 1.165) is 63.9 Å². The number of ether oxygens (including phenoxy) is 1. The SMILES string of the molecule is Cc1ncc(N2CCN(CCN3CC(OC(C)C)C3)CC2)cn1. The molecule has 3 rings (SSSR count). The Morgan fingerprint density at radius 1 is 1.04 bits per heavy atom. The van der Waals surface area contributed by atoms with Gasteiger partial charge < -0.3 is 9.64 Å². The monoisotopic (exact) mass is 319 g/mol. The van der Waals surface area contributed by atoms with Crippen molar-refractivity contribution in [3.8, 4) is 0 Å². The molecule has 0 aromatic carbocycles. The molecule has 0 amide bonds. The third-order valence-electron chi connectivity index (χ3n) is 4.63. The van der Waals surface area contributed by atoms with Crippen molar-refractivity contribution in [3.63, 3.8) is 0 Å². The first kappa shape index (κ1) is 16.6. The van der Waals surface area contributed by atoms with Gasteiger partial charge in [0, 0.05) is 52.4 Å². The van der Waals surface area contributed by atoms with E-state index in [1.54, 1.807) is 0 Å². The molecule has 0 spiro atoms. The van der Waals surface area contributed by atoms with Gasteiger partial charge in [-0.1, -0.05) is 0 Å². The molecule has 6 heteroatoms. The fourth-order valence-electron chi connectivity index (χ4n) is 3.24. The predicted octanol–water partition coefficient (Wildman–Crippen LogP) is 1.02. The number of hydrogen-bond donors (Lipinski definition) is 0. The summed E-state index contributed by atoms with van der Waals surface area (Å²) in [5, 5.41) is 0.